The minimum atomic E-state index is -0.710. The number of halogens is 1. The summed E-state index contributed by atoms with van der Waals surface area (Å²) in [6.07, 6.45) is -0.710. The zero-order valence-corrected chi connectivity index (χ0v) is 16.9. The van der Waals surface area contributed by atoms with Crippen LogP contribution in [0.1, 0.15) is 22.8 Å². The molecule has 0 bridgehead atoms. The van der Waals surface area contributed by atoms with E-state index < -0.39 is 6.10 Å². The highest BCUT2D eigenvalue weighted by Gasteiger charge is 2.15. The number of hydrogen-bond acceptors (Lipinski definition) is 3. The van der Waals surface area contributed by atoms with E-state index in [0.717, 1.165) is 11.3 Å². The van der Waals surface area contributed by atoms with Crippen LogP contribution in [0.5, 0.6) is 5.75 Å². The minimum absolute atomic E-state index is 0.214. The number of carbonyl (C=O) groups is 2. The van der Waals surface area contributed by atoms with Crippen LogP contribution in [0, 0.1) is 6.92 Å². The molecule has 0 aliphatic rings. The van der Waals surface area contributed by atoms with Crippen molar-refractivity contribution in [3.05, 3.63) is 88.9 Å². The average molecular weight is 409 g/mol. The molecule has 0 spiro atoms. The maximum atomic E-state index is 12.3. The fourth-order valence-corrected chi connectivity index (χ4v) is 2.69. The van der Waals surface area contributed by atoms with Crippen molar-refractivity contribution in [2.24, 2.45) is 0 Å². The largest absolute Gasteiger partial charge is 0.481 e. The second-order valence-electron chi connectivity index (χ2n) is 6.60. The monoisotopic (exact) mass is 408 g/mol. The van der Waals surface area contributed by atoms with Crippen molar-refractivity contribution in [1.82, 2.24) is 0 Å². The van der Waals surface area contributed by atoms with Crippen LogP contribution in [0.15, 0.2) is 72.8 Å². The number of carbonyl (C=O) groups excluding carboxylic acids is 2. The summed E-state index contributed by atoms with van der Waals surface area (Å²) >= 11 is 5.84. The minimum Gasteiger partial charge on any atom is -0.481 e. The van der Waals surface area contributed by atoms with Gasteiger partial charge < -0.3 is 15.4 Å². The van der Waals surface area contributed by atoms with Gasteiger partial charge in [-0.15, -0.1) is 0 Å². The quantitative estimate of drug-likeness (QED) is 0.581. The summed E-state index contributed by atoms with van der Waals surface area (Å²) in [4.78, 5) is 24.6. The first-order chi connectivity index (χ1) is 13.9. The van der Waals surface area contributed by atoms with Crippen LogP contribution >= 0.6 is 11.6 Å². The molecule has 3 rings (SSSR count). The summed E-state index contributed by atoms with van der Waals surface area (Å²) in [5, 5.41) is 6.20. The molecule has 6 heteroatoms. The lowest BCUT2D eigenvalue weighted by molar-refractivity contribution is -0.122. The van der Waals surface area contributed by atoms with E-state index >= 15 is 0 Å². The third-order valence-corrected chi connectivity index (χ3v) is 4.47. The van der Waals surface area contributed by atoms with Crippen molar-refractivity contribution in [3.63, 3.8) is 0 Å². The maximum absolute atomic E-state index is 12.3. The van der Waals surface area contributed by atoms with Crippen LogP contribution in [0.4, 0.5) is 11.4 Å². The predicted octanol–water partition coefficient (Wildman–Crippen LogP) is 5.31. The van der Waals surface area contributed by atoms with Gasteiger partial charge in [0.15, 0.2) is 6.10 Å². The van der Waals surface area contributed by atoms with E-state index in [0.29, 0.717) is 22.0 Å². The first kappa shape index (κ1) is 20.4. The van der Waals surface area contributed by atoms with E-state index in [9.17, 15) is 9.59 Å². The van der Waals surface area contributed by atoms with Crippen LogP contribution in [-0.4, -0.2) is 17.9 Å². The molecule has 0 saturated heterocycles. The topological polar surface area (TPSA) is 67.4 Å². The zero-order valence-electron chi connectivity index (χ0n) is 16.1. The molecule has 0 aliphatic carbocycles. The third-order valence-electron chi connectivity index (χ3n) is 4.22. The van der Waals surface area contributed by atoms with Crippen LogP contribution in [-0.2, 0) is 4.79 Å². The summed E-state index contributed by atoms with van der Waals surface area (Å²) in [5.41, 5.74) is 2.99. The van der Waals surface area contributed by atoms with Gasteiger partial charge in [-0.1, -0.05) is 29.3 Å². The third kappa shape index (κ3) is 5.83. The molecule has 2 amide bonds. The van der Waals surface area contributed by atoms with Crippen LogP contribution < -0.4 is 15.4 Å². The Labute approximate surface area is 174 Å². The smallest absolute Gasteiger partial charge is 0.265 e. The van der Waals surface area contributed by atoms with E-state index in [1.54, 1.807) is 55.5 Å². The van der Waals surface area contributed by atoms with E-state index in [4.69, 9.17) is 16.3 Å². The number of anilines is 2. The van der Waals surface area contributed by atoms with Gasteiger partial charge in [0, 0.05) is 22.0 Å². The number of nitrogens with one attached hydrogen (secondary N) is 2. The fraction of sp³-hybridized carbons (Fsp3) is 0.130. The Morgan fingerprint density at radius 3 is 2.00 bits per heavy atom. The number of rotatable bonds is 6. The van der Waals surface area contributed by atoms with Gasteiger partial charge in [0.05, 0.1) is 0 Å². The Morgan fingerprint density at radius 1 is 0.828 bits per heavy atom. The van der Waals surface area contributed by atoms with Crippen molar-refractivity contribution < 1.29 is 14.3 Å². The lowest BCUT2D eigenvalue weighted by Crippen LogP contribution is -2.30. The van der Waals surface area contributed by atoms with Crippen LogP contribution in [0.25, 0.3) is 0 Å². The van der Waals surface area contributed by atoms with Gasteiger partial charge in [0.1, 0.15) is 5.75 Å². The molecule has 3 aromatic carbocycles. The number of ether oxygens (including phenoxy) is 1. The molecule has 0 aromatic heterocycles. The van der Waals surface area contributed by atoms with E-state index in [-0.39, 0.29) is 11.8 Å². The molecular weight excluding hydrogens is 388 g/mol. The normalized spacial score (nSPS) is 11.4. The Morgan fingerprint density at radius 2 is 1.38 bits per heavy atom. The first-order valence-corrected chi connectivity index (χ1v) is 9.50. The van der Waals surface area contributed by atoms with Gasteiger partial charge in [0.2, 0.25) is 0 Å². The molecule has 0 heterocycles. The molecule has 5 nitrogen and oxygen atoms in total. The molecule has 0 radical (unpaired) electrons. The Bertz CT molecular complexity index is 984. The van der Waals surface area contributed by atoms with Crippen molar-refractivity contribution in [3.8, 4) is 5.75 Å². The molecule has 29 heavy (non-hydrogen) atoms. The summed E-state index contributed by atoms with van der Waals surface area (Å²) in [7, 11) is 0. The van der Waals surface area contributed by atoms with Gasteiger partial charge in [-0.05, 0) is 74.5 Å². The Kier molecular flexibility index (Phi) is 6.52. The van der Waals surface area contributed by atoms with E-state index in [1.807, 2.05) is 31.2 Å². The highest BCUT2D eigenvalue weighted by atomic mass is 35.5. The van der Waals surface area contributed by atoms with Crippen LogP contribution in [0.3, 0.4) is 0 Å². The second kappa shape index (κ2) is 9.26. The number of amides is 2. The molecule has 148 valence electrons. The van der Waals surface area contributed by atoms with Crippen molar-refractivity contribution in [2.45, 2.75) is 20.0 Å². The van der Waals surface area contributed by atoms with Gasteiger partial charge in [-0.3, -0.25) is 9.59 Å². The molecule has 1 atom stereocenters. The second-order valence-corrected chi connectivity index (χ2v) is 7.04. The van der Waals surface area contributed by atoms with Crippen molar-refractivity contribution in [1.29, 1.82) is 0 Å². The fourth-order valence-electron chi connectivity index (χ4n) is 2.56. The van der Waals surface area contributed by atoms with Crippen molar-refractivity contribution >= 4 is 34.8 Å². The van der Waals surface area contributed by atoms with Crippen LogP contribution in [0.2, 0.25) is 5.02 Å². The summed E-state index contributed by atoms with van der Waals surface area (Å²) in [6, 6.07) is 21.0. The molecule has 0 fully saturated rings. The number of hydrogen-bond donors (Lipinski definition) is 2. The number of benzene rings is 3. The molecule has 0 unspecified atom stereocenters. The Balaban J connectivity index is 1.56. The van der Waals surface area contributed by atoms with E-state index in [2.05, 4.69) is 10.6 Å². The lowest BCUT2D eigenvalue weighted by Gasteiger charge is -2.15. The predicted molar refractivity (Wildman–Crippen MR) is 116 cm³/mol. The highest BCUT2D eigenvalue weighted by molar-refractivity contribution is 6.30. The first-order valence-electron chi connectivity index (χ1n) is 9.12. The molecule has 2 N–H and O–H groups in total. The van der Waals surface area contributed by atoms with E-state index in [1.165, 1.54) is 0 Å². The molecule has 0 saturated carbocycles. The highest BCUT2D eigenvalue weighted by Crippen LogP contribution is 2.18. The summed E-state index contributed by atoms with van der Waals surface area (Å²) in [5.74, 6) is -0.00177. The van der Waals surface area contributed by atoms with Gasteiger partial charge in [-0.2, -0.15) is 0 Å². The molecule has 3 aromatic rings. The molecular formula is C23H21ClN2O3. The standard InChI is InChI=1S/C23H21ClN2O3/c1-15-3-9-19(10-4-15)26-23(28)17-5-13-21(14-6-17)29-16(2)22(27)25-20-11-7-18(24)8-12-20/h3-14,16H,1-2H3,(H,25,27)(H,26,28)/t16-/m1/s1. The molecule has 0 aliphatic heterocycles. The summed E-state index contributed by atoms with van der Waals surface area (Å²) < 4.78 is 5.67. The van der Waals surface area contributed by atoms with Gasteiger partial charge in [-0.25, -0.2) is 0 Å². The zero-order chi connectivity index (χ0) is 20.8. The summed E-state index contributed by atoms with van der Waals surface area (Å²) in [6.45, 7) is 3.64. The lowest BCUT2D eigenvalue weighted by atomic mass is 10.2. The average Bonchev–Trinajstić information content (AvgIpc) is 2.72. The van der Waals surface area contributed by atoms with Gasteiger partial charge >= 0.3 is 0 Å². The SMILES string of the molecule is Cc1ccc(NC(=O)c2ccc(O[C@H](C)C(=O)Nc3ccc(Cl)cc3)cc2)cc1. The van der Waals surface area contributed by atoms with Gasteiger partial charge in [0.25, 0.3) is 11.8 Å². The van der Waals surface area contributed by atoms with Crippen molar-refractivity contribution in [2.75, 3.05) is 10.6 Å². The number of aryl methyl sites for hydroxylation is 1. The maximum Gasteiger partial charge on any atom is 0.265 e. The Hall–Kier alpha value is -3.31.